The second-order valence-electron chi connectivity index (χ2n) is 3.65. The van der Waals surface area contributed by atoms with Crippen LogP contribution < -0.4 is 5.73 Å². The van der Waals surface area contributed by atoms with E-state index in [1.54, 1.807) is 0 Å². The molecule has 0 spiro atoms. The Labute approximate surface area is 102 Å². The summed E-state index contributed by atoms with van der Waals surface area (Å²) in [6, 6.07) is 3.23. The molecule has 4 nitrogen and oxygen atoms in total. The number of benzene rings is 1. The molecule has 18 heavy (non-hydrogen) atoms. The van der Waals surface area contributed by atoms with E-state index in [9.17, 15) is 17.2 Å². The lowest BCUT2D eigenvalue weighted by atomic mass is 10.2. The van der Waals surface area contributed by atoms with Crippen LogP contribution in [0, 0.1) is 11.6 Å². The Bertz CT molecular complexity index is 666. The van der Waals surface area contributed by atoms with E-state index in [1.807, 2.05) is 0 Å². The topological polar surface area (TPSA) is 73.3 Å². The van der Waals surface area contributed by atoms with Crippen molar-refractivity contribution < 1.29 is 21.6 Å². The van der Waals surface area contributed by atoms with Crippen molar-refractivity contribution in [3.05, 3.63) is 47.9 Å². The van der Waals surface area contributed by atoms with Gasteiger partial charge in [-0.15, -0.1) is 0 Å². The molecule has 0 radical (unpaired) electrons. The number of hydrogen-bond acceptors (Lipinski definition) is 4. The maximum Gasteiger partial charge on any atom is 0.185 e. The van der Waals surface area contributed by atoms with E-state index in [4.69, 9.17) is 5.73 Å². The summed E-state index contributed by atoms with van der Waals surface area (Å²) in [5.74, 6) is -2.58. The predicted octanol–water partition coefficient (Wildman–Crippen LogP) is 2.11. The third-order valence-corrected chi connectivity index (χ3v) is 4.05. The molecule has 0 aliphatic heterocycles. The first kappa shape index (κ1) is 12.6. The van der Waals surface area contributed by atoms with Crippen molar-refractivity contribution in [1.29, 1.82) is 0 Å². The highest BCUT2D eigenvalue weighted by Crippen LogP contribution is 2.23. The van der Waals surface area contributed by atoms with Crippen LogP contribution in [0.25, 0.3) is 0 Å². The molecule has 7 heteroatoms. The van der Waals surface area contributed by atoms with Crippen molar-refractivity contribution in [1.82, 2.24) is 0 Å². The molecule has 1 heterocycles. The van der Waals surface area contributed by atoms with Crippen molar-refractivity contribution in [2.45, 2.75) is 10.6 Å². The Morgan fingerprint density at radius 1 is 1.22 bits per heavy atom. The summed E-state index contributed by atoms with van der Waals surface area (Å²) in [5, 5.41) is 0. The van der Waals surface area contributed by atoms with Crippen LogP contribution in [0.1, 0.15) is 5.56 Å². The van der Waals surface area contributed by atoms with Gasteiger partial charge in [0.05, 0.1) is 12.0 Å². The summed E-state index contributed by atoms with van der Waals surface area (Å²) in [7, 11) is -3.73. The highest BCUT2D eigenvalue weighted by Gasteiger charge is 2.20. The van der Waals surface area contributed by atoms with Crippen LogP contribution in [0.5, 0.6) is 0 Å². The fourth-order valence-electron chi connectivity index (χ4n) is 1.44. The molecule has 0 saturated heterocycles. The minimum atomic E-state index is -3.73. The lowest BCUT2D eigenvalue weighted by Crippen LogP contribution is -2.08. The number of hydrogen-bond donors (Lipinski definition) is 1. The van der Waals surface area contributed by atoms with Crippen molar-refractivity contribution in [3.8, 4) is 0 Å². The fraction of sp³-hybridized carbons (Fsp3) is 0.0909. The second-order valence-corrected chi connectivity index (χ2v) is 5.64. The van der Waals surface area contributed by atoms with Gasteiger partial charge in [-0.2, -0.15) is 0 Å². The predicted molar refractivity (Wildman–Crippen MR) is 60.4 cm³/mol. The van der Waals surface area contributed by atoms with Gasteiger partial charge in [0.1, 0.15) is 22.7 Å². The van der Waals surface area contributed by atoms with E-state index >= 15 is 0 Å². The lowest BCUT2D eigenvalue weighted by Gasteiger charge is -2.06. The van der Waals surface area contributed by atoms with Gasteiger partial charge in [-0.1, -0.05) is 6.07 Å². The highest BCUT2D eigenvalue weighted by molar-refractivity contribution is 7.90. The van der Waals surface area contributed by atoms with Crippen molar-refractivity contribution >= 4 is 15.5 Å². The normalized spacial score (nSPS) is 11.7. The molecular weight excluding hydrogens is 264 g/mol. The van der Waals surface area contributed by atoms with Crippen molar-refractivity contribution in [2.24, 2.45) is 0 Å². The van der Waals surface area contributed by atoms with E-state index in [-0.39, 0.29) is 10.5 Å². The number of halogens is 2. The van der Waals surface area contributed by atoms with Gasteiger partial charge in [0.15, 0.2) is 15.7 Å². The lowest BCUT2D eigenvalue weighted by molar-refractivity contribution is 0.554. The molecule has 1 aromatic carbocycles. The van der Waals surface area contributed by atoms with Crippen LogP contribution in [0.4, 0.5) is 14.5 Å². The molecule has 2 rings (SSSR count). The van der Waals surface area contributed by atoms with Gasteiger partial charge in [-0.3, -0.25) is 0 Å². The molecule has 0 saturated carbocycles. The van der Waals surface area contributed by atoms with Crippen LogP contribution in [0.3, 0.4) is 0 Å². The quantitative estimate of drug-likeness (QED) is 0.869. The fourth-order valence-corrected chi connectivity index (χ4v) is 2.71. The number of furan rings is 1. The van der Waals surface area contributed by atoms with Crippen LogP contribution in [0.15, 0.2) is 40.0 Å². The Morgan fingerprint density at radius 3 is 2.56 bits per heavy atom. The summed E-state index contributed by atoms with van der Waals surface area (Å²) >= 11 is 0. The van der Waals surface area contributed by atoms with E-state index in [0.29, 0.717) is 0 Å². The van der Waals surface area contributed by atoms with Crippen LogP contribution >= 0.6 is 0 Å². The van der Waals surface area contributed by atoms with Crippen molar-refractivity contribution in [2.75, 3.05) is 5.73 Å². The Kier molecular flexibility index (Phi) is 3.08. The average Bonchev–Trinajstić information content (AvgIpc) is 2.84. The minimum Gasteiger partial charge on any atom is -0.471 e. The summed E-state index contributed by atoms with van der Waals surface area (Å²) in [5.41, 5.74) is 4.29. The first-order chi connectivity index (χ1) is 8.42. The van der Waals surface area contributed by atoms with Gasteiger partial charge in [-0.25, -0.2) is 17.2 Å². The molecule has 0 fully saturated rings. The molecule has 0 bridgehead atoms. The number of nitrogens with two attached hydrogens (primary N) is 1. The summed E-state index contributed by atoms with van der Waals surface area (Å²) in [6.45, 7) is 0. The Hall–Kier alpha value is -1.89. The third kappa shape index (κ3) is 2.21. The van der Waals surface area contributed by atoms with Gasteiger partial charge in [0.25, 0.3) is 0 Å². The first-order valence-corrected chi connectivity index (χ1v) is 6.54. The number of nitrogen functional groups attached to an aromatic ring is 1. The molecule has 1 aromatic heterocycles. The van der Waals surface area contributed by atoms with Gasteiger partial charge in [0.2, 0.25) is 0 Å². The summed E-state index contributed by atoms with van der Waals surface area (Å²) in [4.78, 5) is -0.0650. The van der Waals surface area contributed by atoms with E-state index < -0.39 is 32.9 Å². The molecule has 0 amide bonds. The minimum absolute atomic E-state index is 0.0650. The molecule has 0 aliphatic carbocycles. The molecule has 0 atom stereocenters. The average molecular weight is 273 g/mol. The van der Waals surface area contributed by atoms with Gasteiger partial charge in [0, 0.05) is 5.56 Å². The zero-order chi connectivity index (χ0) is 13.3. The molecule has 2 aromatic rings. The second kappa shape index (κ2) is 4.41. The largest absolute Gasteiger partial charge is 0.471 e. The molecule has 0 unspecified atom stereocenters. The van der Waals surface area contributed by atoms with Gasteiger partial charge < -0.3 is 10.2 Å². The van der Waals surface area contributed by atoms with Crippen molar-refractivity contribution in [3.63, 3.8) is 0 Å². The summed E-state index contributed by atoms with van der Waals surface area (Å²) < 4.78 is 54.9. The first-order valence-electron chi connectivity index (χ1n) is 4.89. The van der Waals surface area contributed by atoms with Crippen LogP contribution in [-0.2, 0) is 15.6 Å². The molecule has 0 aliphatic rings. The standard InChI is InChI=1S/C11H9F2NO3S/c12-9-2-1-7(10(13)11(9)14)6-18(15,16)8-3-4-17-5-8/h1-5H,6,14H2. The molecule has 2 N–H and O–H groups in total. The summed E-state index contributed by atoms with van der Waals surface area (Å²) in [6.07, 6.45) is 2.24. The number of anilines is 1. The van der Waals surface area contributed by atoms with E-state index in [0.717, 1.165) is 18.4 Å². The highest BCUT2D eigenvalue weighted by atomic mass is 32.2. The van der Waals surface area contributed by atoms with E-state index in [1.165, 1.54) is 12.3 Å². The Morgan fingerprint density at radius 2 is 1.94 bits per heavy atom. The SMILES string of the molecule is Nc1c(F)ccc(CS(=O)(=O)c2ccoc2)c1F. The molecular formula is C11H9F2NO3S. The van der Waals surface area contributed by atoms with E-state index in [2.05, 4.69) is 4.42 Å². The van der Waals surface area contributed by atoms with Crippen LogP contribution in [0.2, 0.25) is 0 Å². The van der Waals surface area contributed by atoms with Crippen LogP contribution in [-0.4, -0.2) is 8.42 Å². The zero-order valence-electron chi connectivity index (χ0n) is 9.06. The number of rotatable bonds is 3. The van der Waals surface area contributed by atoms with Gasteiger partial charge in [-0.05, 0) is 12.1 Å². The zero-order valence-corrected chi connectivity index (χ0v) is 9.88. The molecule has 96 valence electrons. The monoisotopic (exact) mass is 273 g/mol. The van der Waals surface area contributed by atoms with Gasteiger partial charge >= 0.3 is 0 Å². The third-order valence-electron chi connectivity index (χ3n) is 2.41. The smallest absolute Gasteiger partial charge is 0.185 e. The maximum absolute atomic E-state index is 13.6. The maximum atomic E-state index is 13.6. The Balaban J connectivity index is 2.39. The number of sulfone groups is 1.